The molecule has 1 unspecified atom stereocenters. The van der Waals surface area contributed by atoms with E-state index in [1.807, 2.05) is 4.57 Å². The van der Waals surface area contributed by atoms with E-state index >= 15 is 0 Å². The summed E-state index contributed by atoms with van der Waals surface area (Å²) in [6.07, 6.45) is 5.24. The Morgan fingerprint density at radius 2 is 2.38 bits per heavy atom. The van der Waals surface area contributed by atoms with Gasteiger partial charge < -0.3 is 24.7 Å². The van der Waals surface area contributed by atoms with E-state index in [0.717, 1.165) is 63.9 Å². The van der Waals surface area contributed by atoms with Gasteiger partial charge in [-0.2, -0.15) is 0 Å². The monoisotopic (exact) mass is 338 g/mol. The Bertz CT molecular complexity index is 485. The molecule has 0 bridgehead atoms. The topological polar surface area (TPSA) is 85.6 Å². The molecule has 0 amide bonds. The first-order chi connectivity index (χ1) is 11.8. The highest BCUT2D eigenvalue weighted by atomic mass is 16.5. The third-order valence-electron chi connectivity index (χ3n) is 3.84. The maximum Gasteiger partial charge on any atom is 0.191 e. The highest BCUT2D eigenvalue weighted by Crippen LogP contribution is 2.11. The summed E-state index contributed by atoms with van der Waals surface area (Å²) in [5.41, 5.74) is 0. The van der Waals surface area contributed by atoms with Crippen molar-refractivity contribution in [3.8, 4) is 0 Å². The minimum Gasteiger partial charge on any atom is -0.379 e. The third kappa shape index (κ3) is 6.45. The minimum absolute atomic E-state index is 0.299. The minimum atomic E-state index is 0.299. The van der Waals surface area contributed by atoms with Crippen LogP contribution < -0.4 is 10.6 Å². The zero-order valence-electron chi connectivity index (χ0n) is 14.8. The predicted octanol–water partition coefficient (Wildman–Crippen LogP) is 0.939. The number of guanidine groups is 1. The molecule has 136 valence electrons. The average molecular weight is 338 g/mol. The van der Waals surface area contributed by atoms with E-state index in [1.54, 1.807) is 6.33 Å². The summed E-state index contributed by atoms with van der Waals surface area (Å²) in [4.78, 5) is 4.56. The number of aliphatic imine (C=N–C) groups is 1. The standard InChI is InChI=1S/C16H30N6O2/c1-3-17-16(19-11-15-21-20-13-22(15)4-2)18-8-6-9-23-12-14-7-5-10-24-14/h13-14H,3-12H2,1-2H3,(H2,17,18,19). The quantitative estimate of drug-likeness (QED) is 0.375. The van der Waals surface area contributed by atoms with Crippen LogP contribution in [-0.2, 0) is 22.6 Å². The number of rotatable bonds is 10. The molecular formula is C16H30N6O2. The van der Waals surface area contributed by atoms with Crippen molar-refractivity contribution in [2.45, 2.75) is 52.3 Å². The Labute approximate surface area is 144 Å². The van der Waals surface area contributed by atoms with Crippen molar-refractivity contribution in [3.05, 3.63) is 12.2 Å². The predicted molar refractivity (Wildman–Crippen MR) is 92.9 cm³/mol. The molecule has 1 aromatic heterocycles. The van der Waals surface area contributed by atoms with Crippen LogP contribution in [0.2, 0.25) is 0 Å². The molecule has 2 rings (SSSR count). The lowest BCUT2D eigenvalue weighted by molar-refractivity contribution is 0.0168. The Kier molecular flexibility index (Phi) is 8.54. The molecule has 8 heteroatoms. The van der Waals surface area contributed by atoms with E-state index in [0.29, 0.717) is 19.3 Å². The summed E-state index contributed by atoms with van der Waals surface area (Å²) >= 11 is 0. The number of aryl methyl sites for hydroxylation is 1. The second-order valence-corrected chi connectivity index (χ2v) is 5.72. The van der Waals surface area contributed by atoms with Crippen molar-refractivity contribution >= 4 is 5.96 Å². The second kappa shape index (κ2) is 11.0. The molecular weight excluding hydrogens is 308 g/mol. The largest absolute Gasteiger partial charge is 0.379 e. The zero-order valence-corrected chi connectivity index (χ0v) is 14.8. The summed E-state index contributed by atoms with van der Waals surface area (Å²) in [6, 6.07) is 0. The molecule has 1 atom stereocenters. The third-order valence-corrected chi connectivity index (χ3v) is 3.84. The van der Waals surface area contributed by atoms with Gasteiger partial charge >= 0.3 is 0 Å². The number of ether oxygens (including phenoxy) is 2. The number of nitrogens with one attached hydrogen (secondary N) is 2. The summed E-state index contributed by atoms with van der Waals surface area (Å²) in [5.74, 6) is 1.66. The molecule has 0 radical (unpaired) electrons. The van der Waals surface area contributed by atoms with Crippen LogP contribution in [0.15, 0.2) is 11.3 Å². The molecule has 8 nitrogen and oxygen atoms in total. The van der Waals surface area contributed by atoms with Gasteiger partial charge in [0.25, 0.3) is 0 Å². The molecule has 24 heavy (non-hydrogen) atoms. The van der Waals surface area contributed by atoms with Gasteiger partial charge in [-0.1, -0.05) is 0 Å². The summed E-state index contributed by atoms with van der Waals surface area (Å²) in [6.45, 7) is 9.44. The summed E-state index contributed by atoms with van der Waals surface area (Å²) in [7, 11) is 0. The molecule has 0 saturated carbocycles. The Hall–Kier alpha value is -1.67. The molecule has 1 aromatic rings. The van der Waals surface area contributed by atoms with Crippen molar-refractivity contribution in [2.75, 3.05) is 32.9 Å². The van der Waals surface area contributed by atoms with Crippen molar-refractivity contribution in [3.63, 3.8) is 0 Å². The Morgan fingerprint density at radius 3 is 3.12 bits per heavy atom. The van der Waals surface area contributed by atoms with E-state index in [-0.39, 0.29) is 0 Å². The maximum absolute atomic E-state index is 5.66. The lowest BCUT2D eigenvalue weighted by Gasteiger charge is -2.12. The fourth-order valence-corrected chi connectivity index (χ4v) is 2.53. The van der Waals surface area contributed by atoms with Crippen LogP contribution in [0, 0.1) is 0 Å². The van der Waals surface area contributed by atoms with Gasteiger partial charge in [0.15, 0.2) is 11.8 Å². The van der Waals surface area contributed by atoms with Crippen LogP contribution >= 0.6 is 0 Å². The zero-order chi connectivity index (χ0) is 17.0. The van der Waals surface area contributed by atoms with Gasteiger partial charge in [0.2, 0.25) is 0 Å². The van der Waals surface area contributed by atoms with Crippen LogP contribution in [0.4, 0.5) is 0 Å². The van der Waals surface area contributed by atoms with Gasteiger partial charge in [-0.05, 0) is 33.1 Å². The van der Waals surface area contributed by atoms with Crippen molar-refractivity contribution in [1.82, 2.24) is 25.4 Å². The van der Waals surface area contributed by atoms with E-state index in [2.05, 4.69) is 39.7 Å². The summed E-state index contributed by atoms with van der Waals surface area (Å²) in [5, 5.41) is 14.6. The normalized spacial score (nSPS) is 18.1. The van der Waals surface area contributed by atoms with E-state index in [9.17, 15) is 0 Å². The van der Waals surface area contributed by atoms with Crippen LogP contribution in [-0.4, -0.2) is 59.7 Å². The molecule has 1 fully saturated rings. The number of hydrogen-bond acceptors (Lipinski definition) is 5. The molecule has 0 aromatic carbocycles. The van der Waals surface area contributed by atoms with Gasteiger partial charge in [0.1, 0.15) is 12.9 Å². The molecule has 1 aliphatic heterocycles. The Morgan fingerprint density at radius 1 is 1.46 bits per heavy atom. The van der Waals surface area contributed by atoms with Crippen LogP contribution in [0.1, 0.15) is 38.9 Å². The van der Waals surface area contributed by atoms with E-state index in [1.165, 1.54) is 0 Å². The van der Waals surface area contributed by atoms with E-state index in [4.69, 9.17) is 9.47 Å². The van der Waals surface area contributed by atoms with Crippen molar-refractivity contribution in [1.29, 1.82) is 0 Å². The van der Waals surface area contributed by atoms with Gasteiger partial charge in [0, 0.05) is 32.8 Å². The SMILES string of the molecule is CCNC(=NCc1nncn1CC)NCCCOCC1CCCO1. The smallest absolute Gasteiger partial charge is 0.191 e. The molecule has 1 aliphatic rings. The number of hydrogen-bond donors (Lipinski definition) is 2. The van der Waals surface area contributed by atoms with E-state index < -0.39 is 0 Å². The highest BCUT2D eigenvalue weighted by Gasteiger charge is 2.14. The number of aromatic nitrogens is 3. The number of nitrogens with zero attached hydrogens (tertiary/aromatic N) is 4. The molecule has 1 saturated heterocycles. The second-order valence-electron chi connectivity index (χ2n) is 5.72. The van der Waals surface area contributed by atoms with Crippen LogP contribution in [0.3, 0.4) is 0 Å². The molecule has 0 aliphatic carbocycles. The summed E-state index contributed by atoms with van der Waals surface area (Å²) < 4.78 is 13.2. The lowest BCUT2D eigenvalue weighted by Crippen LogP contribution is -2.38. The van der Waals surface area contributed by atoms with Gasteiger partial charge in [-0.25, -0.2) is 4.99 Å². The van der Waals surface area contributed by atoms with Crippen LogP contribution in [0.5, 0.6) is 0 Å². The fourth-order valence-electron chi connectivity index (χ4n) is 2.53. The fraction of sp³-hybridized carbons (Fsp3) is 0.812. The first-order valence-electron chi connectivity index (χ1n) is 8.91. The van der Waals surface area contributed by atoms with Crippen LogP contribution in [0.25, 0.3) is 0 Å². The lowest BCUT2D eigenvalue weighted by atomic mass is 10.2. The Balaban J connectivity index is 1.63. The van der Waals surface area contributed by atoms with Crippen molar-refractivity contribution < 1.29 is 9.47 Å². The highest BCUT2D eigenvalue weighted by molar-refractivity contribution is 5.79. The molecule has 2 N–H and O–H groups in total. The molecule has 0 spiro atoms. The van der Waals surface area contributed by atoms with Crippen molar-refractivity contribution in [2.24, 2.45) is 4.99 Å². The van der Waals surface area contributed by atoms with Gasteiger partial charge in [-0.15, -0.1) is 10.2 Å². The maximum atomic E-state index is 5.66. The van der Waals surface area contributed by atoms with Gasteiger partial charge in [0.05, 0.1) is 12.7 Å². The first-order valence-corrected chi connectivity index (χ1v) is 8.91. The first kappa shape index (κ1) is 18.7. The average Bonchev–Trinajstić information content (AvgIpc) is 3.26. The molecule has 2 heterocycles. The van der Waals surface area contributed by atoms with Gasteiger partial charge in [-0.3, -0.25) is 0 Å².